The van der Waals surface area contributed by atoms with E-state index >= 15 is 0 Å². The van der Waals surface area contributed by atoms with E-state index in [1.54, 1.807) is 12.2 Å². The van der Waals surface area contributed by atoms with E-state index in [0.29, 0.717) is 25.9 Å². The van der Waals surface area contributed by atoms with Crippen molar-refractivity contribution < 1.29 is 29.4 Å². The van der Waals surface area contributed by atoms with Crippen LogP contribution in [0.15, 0.2) is 49.6 Å². The van der Waals surface area contributed by atoms with Gasteiger partial charge in [0.05, 0.1) is 11.1 Å². The number of unbranched alkanes of at least 4 members (excludes halogenated alkanes) is 4. The predicted molar refractivity (Wildman–Crippen MR) is 131 cm³/mol. The van der Waals surface area contributed by atoms with Gasteiger partial charge in [-0.3, -0.25) is 9.59 Å². The van der Waals surface area contributed by atoms with E-state index in [9.17, 15) is 29.4 Å². The quantitative estimate of drug-likeness (QED) is 0.241. The van der Waals surface area contributed by atoms with E-state index in [1.807, 2.05) is 0 Å². The van der Waals surface area contributed by atoms with Gasteiger partial charge >= 0.3 is 11.9 Å². The van der Waals surface area contributed by atoms with Crippen molar-refractivity contribution in [2.45, 2.75) is 38.5 Å². The molecule has 0 bridgehead atoms. The molecule has 0 unspecified atom stereocenters. The number of aromatic carboxylic acids is 2. The van der Waals surface area contributed by atoms with E-state index in [0.717, 1.165) is 37.8 Å². The maximum absolute atomic E-state index is 12.9. The topological polar surface area (TPSA) is 133 Å². The molecule has 4 N–H and O–H groups in total. The Kier molecular flexibility index (Phi) is 10.0. The molecule has 0 saturated carbocycles. The number of carbonyl (C=O) groups excluding carboxylic acids is 2. The van der Waals surface area contributed by atoms with Gasteiger partial charge in [-0.25, -0.2) is 9.59 Å². The number of hydrogen-bond acceptors (Lipinski definition) is 4. The highest BCUT2D eigenvalue weighted by atomic mass is 16.4. The molecule has 34 heavy (non-hydrogen) atoms. The number of fused-ring (bicyclic) bond motifs is 1. The second kappa shape index (κ2) is 12.9. The highest BCUT2D eigenvalue weighted by Gasteiger charge is 2.25. The van der Waals surface area contributed by atoms with Crippen molar-refractivity contribution in [3.63, 3.8) is 0 Å². The van der Waals surface area contributed by atoms with Crippen molar-refractivity contribution in [1.29, 1.82) is 0 Å². The highest BCUT2D eigenvalue weighted by molar-refractivity contribution is 6.23. The molecule has 0 aliphatic rings. The first kappa shape index (κ1) is 26.3. The van der Waals surface area contributed by atoms with E-state index in [-0.39, 0.29) is 33.0 Å². The summed E-state index contributed by atoms with van der Waals surface area (Å²) >= 11 is 0. The number of carboxylic acids is 2. The average Bonchev–Trinajstić information content (AvgIpc) is 2.81. The lowest BCUT2D eigenvalue weighted by Gasteiger charge is -2.16. The number of amides is 2. The van der Waals surface area contributed by atoms with Gasteiger partial charge < -0.3 is 20.8 Å². The molecule has 8 nitrogen and oxygen atoms in total. The Balaban J connectivity index is 2.53. The molecule has 2 rings (SSSR count). The van der Waals surface area contributed by atoms with Crippen LogP contribution in [0.3, 0.4) is 0 Å². The summed E-state index contributed by atoms with van der Waals surface area (Å²) < 4.78 is 0. The number of carboxylic acid groups (broad SMARTS) is 2. The summed E-state index contributed by atoms with van der Waals surface area (Å²) in [6.07, 6.45) is 8.25. The van der Waals surface area contributed by atoms with Crippen LogP contribution < -0.4 is 10.6 Å². The third-order valence-electron chi connectivity index (χ3n) is 5.35. The van der Waals surface area contributed by atoms with Crippen molar-refractivity contribution in [2.24, 2.45) is 0 Å². The minimum Gasteiger partial charge on any atom is -0.478 e. The fourth-order valence-corrected chi connectivity index (χ4v) is 3.65. The molecule has 180 valence electrons. The first-order valence-corrected chi connectivity index (χ1v) is 11.2. The van der Waals surface area contributed by atoms with Crippen molar-refractivity contribution >= 4 is 34.5 Å². The summed E-state index contributed by atoms with van der Waals surface area (Å²) in [6.45, 7) is 8.03. The van der Waals surface area contributed by atoms with Crippen LogP contribution >= 0.6 is 0 Å². The SMILES string of the molecule is C=CCCCCNC(=O)c1ccc(C(=O)NCCCCC=C)c2c(C(=O)O)ccc(C(=O)O)c12. The standard InChI is InChI=1S/C26H30N2O6/c1-3-5-7-9-15-27-23(29)17-11-12-18(24(30)28-16-10-8-6-4-2)22-20(26(33)34)14-13-19(21(17)22)25(31)32/h3-4,11-14H,1-2,5-10,15-16H2,(H,27,29)(H,28,30)(H,31,32)(H,33,34). The Bertz CT molecular complexity index is 1020. The molecule has 0 saturated heterocycles. The van der Waals surface area contributed by atoms with Gasteiger partial charge in [-0.15, -0.1) is 13.2 Å². The van der Waals surface area contributed by atoms with Crippen LogP contribution in [0.25, 0.3) is 10.8 Å². The van der Waals surface area contributed by atoms with Crippen LogP contribution in [0.4, 0.5) is 0 Å². The molecule has 0 radical (unpaired) electrons. The average molecular weight is 467 g/mol. The fourth-order valence-electron chi connectivity index (χ4n) is 3.65. The van der Waals surface area contributed by atoms with E-state index in [1.165, 1.54) is 12.1 Å². The summed E-state index contributed by atoms with van der Waals surface area (Å²) in [5.74, 6) is -3.73. The van der Waals surface area contributed by atoms with Gasteiger partial charge in [0.1, 0.15) is 0 Å². The molecule has 0 atom stereocenters. The summed E-state index contributed by atoms with van der Waals surface area (Å²) in [5, 5.41) is 24.8. The molecule has 0 spiro atoms. The number of benzene rings is 2. The van der Waals surface area contributed by atoms with E-state index in [4.69, 9.17) is 0 Å². The first-order chi connectivity index (χ1) is 16.3. The summed E-state index contributed by atoms with van der Waals surface area (Å²) in [6, 6.07) is 5.02. The van der Waals surface area contributed by atoms with Gasteiger partial charge in [0, 0.05) is 35.0 Å². The Labute approximate surface area is 198 Å². The Hall–Kier alpha value is -3.94. The third-order valence-corrected chi connectivity index (χ3v) is 5.35. The molecule has 0 aliphatic heterocycles. The molecular weight excluding hydrogens is 436 g/mol. The van der Waals surface area contributed by atoms with Crippen LogP contribution in [0.5, 0.6) is 0 Å². The van der Waals surface area contributed by atoms with Crippen molar-refractivity contribution in [2.75, 3.05) is 13.1 Å². The largest absolute Gasteiger partial charge is 0.478 e. The van der Waals surface area contributed by atoms with Gasteiger partial charge in [-0.2, -0.15) is 0 Å². The normalized spacial score (nSPS) is 10.5. The number of carbonyl (C=O) groups is 4. The van der Waals surface area contributed by atoms with Gasteiger partial charge in [0.25, 0.3) is 11.8 Å². The highest BCUT2D eigenvalue weighted by Crippen LogP contribution is 2.30. The molecule has 8 heteroatoms. The number of rotatable bonds is 14. The number of nitrogens with one attached hydrogen (secondary N) is 2. The molecule has 0 aromatic heterocycles. The zero-order valence-electron chi connectivity index (χ0n) is 19.1. The van der Waals surface area contributed by atoms with Gasteiger partial charge in [0.15, 0.2) is 0 Å². The predicted octanol–water partition coefficient (Wildman–Crippen LogP) is 4.41. The molecule has 0 aliphatic carbocycles. The van der Waals surface area contributed by atoms with Crippen LogP contribution in [0, 0.1) is 0 Å². The molecule has 2 aromatic rings. The van der Waals surface area contributed by atoms with Gasteiger partial charge in [0.2, 0.25) is 0 Å². The van der Waals surface area contributed by atoms with Crippen molar-refractivity contribution in [3.8, 4) is 0 Å². The fraction of sp³-hybridized carbons (Fsp3) is 0.308. The minimum absolute atomic E-state index is 0.00162. The van der Waals surface area contributed by atoms with Gasteiger partial charge in [-0.05, 0) is 62.8 Å². The molecule has 2 aromatic carbocycles. The second-order valence-corrected chi connectivity index (χ2v) is 7.76. The lowest BCUT2D eigenvalue weighted by Crippen LogP contribution is -2.27. The third kappa shape index (κ3) is 6.54. The summed E-state index contributed by atoms with van der Waals surface area (Å²) in [4.78, 5) is 49.8. The number of allylic oxidation sites excluding steroid dienone is 2. The summed E-state index contributed by atoms with van der Waals surface area (Å²) in [7, 11) is 0. The lowest BCUT2D eigenvalue weighted by molar-refractivity contribution is 0.0684. The van der Waals surface area contributed by atoms with Crippen molar-refractivity contribution in [3.05, 3.63) is 71.8 Å². The monoisotopic (exact) mass is 466 g/mol. The Morgan fingerprint density at radius 1 is 0.647 bits per heavy atom. The van der Waals surface area contributed by atoms with Crippen LogP contribution in [0.1, 0.15) is 80.0 Å². The van der Waals surface area contributed by atoms with Crippen LogP contribution in [0.2, 0.25) is 0 Å². The minimum atomic E-state index is -1.33. The molecule has 0 fully saturated rings. The molecule has 2 amide bonds. The second-order valence-electron chi connectivity index (χ2n) is 7.76. The smallest absolute Gasteiger partial charge is 0.336 e. The lowest BCUT2D eigenvalue weighted by atomic mass is 9.91. The van der Waals surface area contributed by atoms with Crippen LogP contribution in [-0.4, -0.2) is 47.1 Å². The zero-order chi connectivity index (χ0) is 25.1. The van der Waals surface area contributed by atoms with E-state index < -0.39 is 23.8 Å². The van der Waals surface area contributed by atoms with E-state index in [2.05, 4.69) is 23.8 Å². The zero-order valence-corrected chi connectivity index (χ0v) is 19.1. The van der Waals surface area contributed by atoms with Crippen molar-refractivity contribution in [1.82, 2.24) is 10.6 Å². The maximum atomic E-state index is 12.9. The first-order valence-electron chi connectivity index (χ1n) is 11.2. The molecule has 0 heterocycles. The maximum Gasteiger partial charge on any atom is 0.336 e. The molecular formula is C26H30N2O6. The summed E-state index contributed by atoms with van der Waals surface area (Å²) in [5.41, 5.74) is -0.501. The number of hydrogen-bond donors (Lipinski definition) is 4. The van der Waals surface area contributed by atoms with Crippen LogP contribution in [-0.2, 0) is 0 Å². The Morgan fingerprint density at radius 3 is 1.32 bits per heavy atom. The Morgan fingerprint density at radius 2 is 1.00 bits per heavy atom. The van der Waals surface area contributed by atoms with Gasteiger partial charge in [-0.1, -0.05) is 12.2 Å².